The Morgan fingerprint density at radius 1 is 0.536 bits per heavy atom. The predicted molar refractivity (Wildman–Crippen MR) is 294 cm³/mol. The average Bonchev–Trinajstić information content (AvgIpc) is 1.02. The summed E-state index contributed by atoms with van der Waals surface area (Å²) in [6.07, 6.45) is -4.20. The molecule has 464 valence electrons. The van der Waals surface area contributed by atoms with Gasteiger partial charge in [0.05, 0.1) is 109 Å². The van der Waals surface area contributed by atoms with Crippen LogP contribution in [0.25, 0.3) is 0 Å². The second-order valence-electron chi connectivity index (χ2n) is 17.9. The van der Waals surface area contributed by atoms with Crippen molar-refractivity contribution < 1.29 is 103 Å². The second-order valence-corrected chi connectivity index (χ2v) is 19.6. The van der Waals surface area contributed by atoms with E-state index >= 15 is 0 Å². The number of hydrogen-bond donors (Lipinski definition) is 2. The summed E-state index contributed by atoms with van der Waals surface area (Å²) in [5, 5.41) is 1.45. The van der Waals surface area contributed by atoms with Gasteiger partial charge in [0.25, 0.3) is 0 Å². The molecular formula is C56H70F6N4O16S2. The van der Waals surface area contributed by atoms with Gasteiger partial charge in [-0.2, -0.15) is 36.5 Å². The number of esters is 4. The maximum atomic E-state index is 14.6. The molecule has 0 unspecified atom stereocenters. The first-order valence-corrected chi connectivity index (χ1v) is 28.8. The number of hydrogen-bond acceptors (Lipinski definition) is 22. The van der Waals surface area contributed by atoms with Crippen LogP contribution in [0.4, 0.5) is 26.3 Å². The number of nitrogens with zero attached hydrogens (tertiary/aromatic N) is 2. The summed E-state index contributed by atoms with van der Waals surface area (Å²) in [6, 6.07) is 6.44. The third-order valence-electron chi connectivity index (χ3n) is 12.5. The molecule has 0 radical (unpaired) electrons. The minimum Gasteiger partial charge on any atom is -0.466 e. The molecule has 2 heterocycles. The molecule has 20 nitrogen and oxygen atoms in total. The fraction of sp³-hybridized carbons (Fsp3) is 0.500. The first-order chi connectivity index (χ1) is 40.0. The lowest BCUT2D eigenvalue weighted by Gasteiger charge is -2.37. The summed E-state index contributed by atoms with van der Waals surface area (Å²) in [6.45, 7) is 5.52. The van der Waals surface area contributed by atoms with E-state index in [1.54, 1.807) is 0 Å². The quantitative estimate of drug-likeness (QED) is 0.0175. The Kier molecular flexibility index (Phi) is 28.3. The van der Waals surface area contributed by atoms with Gasteiger partial charge in [-0.25, -0.2) is 28.8 Å². The van der Waals surface area contributed by atoms with E-state index in [9.17, 15) is 55.1 Å². The van der Waals surface area contributed by atoms with Crippen molar-refractivity contribution in [1.82, 2.24) is 10.1 Å². The van der Waals surface area contributed by atoms with Gasteiger partial charge in [0, 0.05) is 61.6 Å². The number of benzene rings is 2. The summed E-state index contributed by atoms with van der Waals surface area (Å²) in [5.74, 6) is -10.7. The highest BCUT2D eigenvalue weighted by atomic mass is 32.2. The van der Waals surface area contributed by atoms with Crippen LogP contribution in [-0.2, 0) is 88.7 Å². The van der Waals surface area contributed by atoms with Gasteiger partial charge in [-0.3, -0.25) is 0 Å². The van der Waals surface area contributed by atoms with Gasteiger partial charge in [-0.05, 0) is 102 Å². The predicted octanol–water partition coefficient (Wildman–Crippen LogP) is 8.21. The summed E-state index contributed by atoms with van der Waals surface area (Å²) >= 11 is 1.39. The number of carbonyl (C=O) groups excluding carboxylic acids is 6. The van der Waals surface area contributed by atoms with Gasteiger partial charge < -0.3 is 59.0 Å². The smallest absolute Gasteiger partial charge is 0.417 e. The van der Waals surface area contributed by atoms with Gasteiger partial charge in [-0.1, -0.05) is 24.3 Å². The minimum absolute atomic E-state index is 0.0445. The molecule has 0 bridgehead atoms. The zero-order valence-electron chi connectivity index (χ0n) is 47.8. The molecule has 2 aromatic carbocycles. The number of methoxy groups -OCH3 is 2. The number of thioether (sulfide) groups is 2. The highest BCUT2D eigenvalue weighted by Gasteiger charge is 2.48. The van der Waals surface area contributed by atoms with Crippen LogP contribution in [0.2, 0.25) is 0 Å². The van der Waals surface area contributed by atoms with Crippen LogP contribution in [0, 0.1) is 0 Å². The Labute approximate surface area is 491 Å². The molecule has 0 aromatic heterocycles. The Bertz CT molecular complexity index is 2640. The molecule has 0 saturated carbocycles. The first kappa shape index (κ1) is 70.1. The van der Waals surface area contributed by atoms with E-state index in [2.05, 4.69) is 0 Å². The molecular weight excluding hydrogens is 1160 g/mol. The number of halogens is 6. The number of nitrogens with two attached hydrogens (primary N) is 2. The number of hydroxylamine groups is 4. The van der Waals surface area contributed by atoms with Crippen LogP contribution >= 0.6 is 23.5 Å². The first-order valence-electron chi connectivity index (χ1n) is 26.3. The summed E-state index contributed by atoms with van der Waals surface area (Å²) in [4.78, 5) is 95.7. The van der Waals surface area contributed by atoms with Gasteiger partial charge in [0.15, 0.2) is 0 Å². The molecule has 0 fully saturated rings. The van der Waals surface area contributed by atoms with E-state index in [1.165, 1.54) is 52.3 Å². The van der Waals surface area contributed by atoms with E-state index < -0.39 is 107 Å². The molecule has 4 N–H and O–H groups in total. The van der Waals surface area contributed by atoms with E-state index in [0.29, 0.717) is 87.7 Å². The molecule has 84 heavy (non-hydrogen) atoms. The third kappa shape index (κ3) is 18.1. The van der Waals surface area contributed by atoms with Crippen LogP contribution in [0.5, 0.6) is 0 Å². The lowest BCUT2D eigenvalue weighted by atomic mass is 9.79. The van der Waals surface area contributed by atoms with Crippen LogP contribution in [0.15, 0.2) is 103 Å². The van der Waals surface area contributed by atoms with E-state index in [0.717, 1.165) is 48.6 Å². The fourth-order valence-corrected chi connectivity index (χ4v) is 10.6. The van der Waals surface area contributed by atoms with E-state index in [4.69, 9.17) is 59.0 Å². The summed E-state index contributed by atoms with van der Waals surface area (Å²) in [5.41, 5.74) is 5.57. The number of ether oxygens (including phenoxy) is 8. The summed E-state index contributed by atoms with van der Waals surface area (Å²) < 4.78 is 132. The van der Waals surface area contributed by atoms with Crippen molar-refractivity contribution in [1.29, 1.82) is 0 Å². The van der Waals surface area contributed by atoms with Crippen LogP contribution in [0.3, 0.4) is 0 Å². The monoisotopic (exact) mass is 1230 g/mol. The molecule has 28 heteroatoms. The fourth-order valence-electron chi connectivity index (χ4n) is 8.95. The molecule has 2 aliphatic heterocycles. The van der Waals surface area contributed by atoms with E-state index in [-0.39, 0.29) is 83.3 Å². The van der Waals surface area contributed by atoms with Crippen molar-refractivity contribution in [2.24, 2.45) is 11.5 Å². The van der Waals surface area contributed by atoms with Crippen molar-refractivity contribution in [3.8, 4) is 0 Å². The highest BCUT2D eigenvalue weighted by Crippen LogP contribution is 2.50. The number of alkyl halides is 6. The Balaban J connectivity index is 1.91. The van der Waals surface area contributed by atoms with Crippen molar-refractivity contribution in [3.63, 3.8) is 0 Å². The second kappa shape index (κ2) is 33.9. The molecule has 0 aliphatic carbocycles. The maximum absolute atomic E-state index is 14.6. The molecule has 0 amide bonds. The standard InChI is InChI=1S/C56H70F6N4O16S2/c1-9-79-53(71)47-39(31-77-29-15-27-75-25-13-23-63)65(33(3)43(51(69)73-5)45(47)35-17-11-19-37(49(35)83-7)55(57,58)59)81-41(67)21-22-42(68)82-66-34(4)44(52(70)74-6)46(36-18-12-20-38(50(36)84-8)56(60,61)62)48(54(72)80-10-2)40(66)32-78-30-16-28-76-26-14-24-64/h11-12,17-22,45-46H,9-10,13-16,23-32,63-64H2,1-8H3/b22-21+/t45-,46-/m0/s1. The Hall–Kier alpha value is -6.40. The zero-order chi connectivity index (χ0) is 62.3. The number of carbonyl (C=O) groups is 6. The largest absolute Gasteiger partial charge is 0.466 e. The maximum Gasteiger partial charge on any atom is 0.417 e. The van der Waals surface area contributed by atoms with Gasteiger partial charge >= 0.3 is 48.2 Å². The molecule has 0 spiro atoms. The highest BCUT2D eigenvalue weighted by molar-refractivity contribution is 7.99. The topological polar surface area (TPSA) is 253 Å². The van der Waals surface area contributed by atoms with Crippen molar-refractivity contribution in [3.05, 3.63) is 116 Å². The van der Waals surface area contributed by atoms with Crippen molar-refractivity contribution in [2.45, 2.75) is 87.4 Å². The number of allylic oxidation sites excluding steroid dienone is 2. The van der Waals surface area contributed by atoms with Crippen molar-refractivity contribution >= 4 is 59.3 Å². The molecule has 4 rings (SSSR count). The summed E-state index contributed by atoms with van der Waals surface area (Å²) in [7, 11) is 1.97. The number of rotatable bonds is 32. The van der Waals surface area contributed by atoms with Crippen molar-refractivity contribution in [2.75, 3.05) is 106 Å². The van der Waals surface area contributed by atoms with E-state index in [1.807, 2.05) is 0 Å². The van der Waals surface area contributed by atoms with Crippen LogP contribution in [0.1, 0.15) is 87.5 Å². The molecule has 2 aromatic rings. The van der Waals surface area contributed by atoms with Crippen LogP contribution < -0.4 is 11.5 Å². The van der Waals surface area contributed by atoms with Crippen LogP contribution in [-0.4, -0.2) is 152 Å². The molecule has 2 atom stereocenters. The SMILES string of the molecule is CCOC(=O)C1=C(COCCCOCCCN)N(OC(=O)/C=C/C(=O)ON2C(C)=C(C(=O)OC)[C@H](c3cccc(C(F)(F)F)c3SC)C(C(=O)OCC)=C2COCCCOCCCN)C(C)=C(C(=O)OC)[C@@H]1c1cccc(C(F)(F)F)c1SC. The lowest BCUT2D eigenvalue weighted by Crippen LogP contribution is -2.39. The Morgan fingerprint density at radius 2 is 0.881 bits per heavy atom. The average molecular weight is 1230 g/mol. The van der Waals surface area contributed by atoms with Gasteiger partial charge in [0.2, 0.25) is 0 Å². The Morgan fingerprint density at radius 3 is 1.19 bits per heavy atom. The van der Waals surface area contributed by atoms with Gasteiger partial charge in [-0.15, -0.1) is 23.5 Å². The normalized spacial score (nSPS) is 16.0. The molecule has 2 aliphatic rings. The minimum atomic E-state index is -4.90. The molecule has 0 saturated heterocycles. The third-order valence-corrected chi connectivity index (χ3v) is 14.3. The lowest BCUT2D eigenvalue weighted by molar-refractivity contribution is -0.173. The zero-order valence-corrected chi connectivity index (χ0v) is 49.4. The van der Waals surface area contributed by atoms with Gasteiger partial charge in [0.1, 0.15) is 0 Å².